The first-order chi connectivity index (χ1) is 11.7. The van der Waals surface area contributed by atoms with Gasteiger partial charge in [-0.15, -0.1) is 0 Å². The molecule has 0 fully saturated rings. The predicted molar refractivity (Wildman–Crippen MR) is 91.6 cm³/mol. The van der Waals surface area contributed by atoms with Crippen LogP contribution >= 0.6 is 0 Å². The summed E-state index contributed by atoms with van der Waals surface area (Å²) in [6, 6.07) is 16.2. The number of hydrogen-bond donors (Lipinski definition) is 1. The van der Waals surface area contributed by atoms with Crippen molar-refractivity contribution in [3.63, 3.8) is 0 Å². The first-order valence-corrected chi connectivity index (χ1v) is 7.69. The van der Waals surface area contributed by atoms with Crippen molar-refractivity contribution in [3.8, 4) is 11.1 Å². The van der Waals surface area contributed by atoms with Crippen LogP contribution in [0.2, 0.25) is 0 Å². The Balaban J connectivity index is 2.24. The maximum Gasteiger partial charge on any atom is 0.328 e. The third-order valence-corrected chi connectivity index (χ3v) is 3.66. The number of methoxy groups -OCH3 is 2. The Morgan fingerprint density at radius 3 is 2.33 bits per heavy atom. The lowest BCUT2D eigenvalue weighted by Crippen LogP contribution is -2.42. The lowest BCUT2D eigenvalue weighted by Gasteiger charge is -2.17. The predicted octanol–water partition coefficient (Wildman–Crippen LogP) is 2.66. The number of amides is 1. The second-order valence-electron chi connectivity index (χ2n) is 5.24. The summed E-state index contributed by atoms with van der Waals surface area (Å²) in [5, 5.41) is 2.74. The Labute approximate surface area is 141 Å². The van der Waals surface area contributed by atoms with E-state index in [4.69, 9.17) is 9.47 Å². The summed E-state index contributed by atoms with van der Waals surface area (Å²) in [6.07, 6.45) is 0.350. The van der Waals surface area contributed by atoms with Gasteiger partial charge in [0.2, 0.25) is 0 Å². The molecule has 0 heterocycles. The maximum atomic E-state index is 12.7. The molecule has 1 N–H and O–H groups in total. The molecule has 1 amide bonds. The van der Waals surface area contributed by atoms with Crippen molar-refractivity contribution in [1.82, 2.24) is 5.32 Å². The summed E-state index contributed by atoms with van der Waals surface area (Å²) in [4.78, 5) is 24.5. The molecule has 0 aliphatic carbocycles. The zero-order chi connectivity index (χ0) is 17.4. The van der Waals surface area contributed by atoms with Crippen molar-refractivity contribution >= 4 is 11.9 Å². The maximum absolute atomic E-state index is 12.7. The molecule has 0 radical (unpaired) electrons. The Morgan fingerprint density at radius 2 is 1.67 bits per heavy atom. The van der Waals surface area contributed by atoms with Gasteiger partial charge >= 0.3 is 5.97 Å². The quantitative estimate of drug-likeness (QED) is 0.794. The van der Waals surface area contributed by atoms with Crippen molar-refractivity contribution < 1.29 is 19.1 Å². The molecule has 0 aliphatic heterocycles. The number of benzene rings is 2. The van der Waals surface area contributed by atoms with Crippen LogP contribution in [0.15, 0.2) is 54.6 Å². The normalized spacial score (nSPS) is 11.6. The van der Waals surface area contributed by atoms with E-state index in [1.165, 1.54) is 7.11 Å². The molecule has 2 aromatic carbocycles. The SMILES string of the molecule is COCC[C@H](NC(=O)c1ccccc1-c1ccccc1)C(=O)OC. The third-order valence-electron chi connectivity index (χ3n) is 3.66. The Bertz CT molecular complexity index is 685. The molecule has 0 unspecified atom stereocenters. The van der Waals surface area contributed by atoms with Crippen LogP contribution in [-0.4, -0.2) is 38.7 Å². The fraction of sp³-hybridized carbons (Fsp3) is 0.263. The number of esters is 1. The van der Waals surface area contributed by atoms with Crippen molar-refractivity contribution in [1.29, 1.82) is 0 Å². The monoisotopic (exact) mass is 327 g/mol. The van der Waals surface area contributed by atoms with Crippen molar-refractivity contribution in [2.45, 2.75) is 12.5 Å². The first kappa shape index (κ1) is 17.7. The lowest BCUT2D eigenvalue weighted by atomic mass is 9.99. The van der Waals surface area contributed by atoms with Crippen LogP contribution in [0, 0.1) is 0 Å². The summed E-state index contributed by atoms with van der Waals surface area (Å²) in [6.45, 7) is 0.348. The molecule has 24 heavy (non-hydrogen) atoms. The fourth-order valence-electron chi connectivity index (χ4n) is 2.41. The average molecular weight is 327 g/mol. The van der Waals surface area contributed by atoms with E-state index in [-0.39, 0.29) is 5.91 Å². The molecular weight excluding hydrogens is 306 g/mol. The van der Waals surface area contributed by atoms with Gasteiger partial charge in [0, 0.05) is 25.7 Å². The zero-order valence-corrected chi connectivity index (χ0v) is 13.8. The summed E-state index contributed by atoms with van der Waals surface area (Å²) in [5.74, 6) is -0.807. The van der Waals surface area contributed by atoms with Crippen molar-refractivity contribution in [2.24, 2.45) is 0 Å². The molecule has 0 spiro atoms. The van der Waals surface area contributed by atoms with Crippen molar-refractivity contribution in [2.75, 3.05) is 20.8 Å². The number of nitrogens with one attached hydrogen (secondary N) is 1. The molecule has 0 saturated heterocycles. The van der Waals surface area contributed by atoms with Gasteiger partial charge in [-0.2, -0.15) is 0 Å². The highest BCUT2D eigenvalue weighted by atomic mass is 16.5. The second-order valence-corrected chi connectivity index (χ2v) is 5.24. The molecule has 2 rings (SSSR count). The topological polar surface area (TPSA) is 64.6 Å². The van der Waals surface area contributed by atoms with E-state index in [2.05, 4.69) is 5.32 Å². The van der Waals surface area contributed by atoms with Crippen LogP contribution < -0.4 is 5.32 Å². The molecule has 5 heteroatoms. The summed E-state index contributed by atoms with van der Waals surface area (Å²) >= 11 is 0. The van der Waals surface area contributed by atoms with Gasteiger partial charge in [-0.05, 0) is 17.2 Å². The number of hydrogen-bond acceptors (Lipinski definition) is 4. The van der Waals surface area contributed by atoms with Gasteiger partial charge in [-0.3, -0.25) is 4.79 Å². The van der Waals surface area contributed by atoms with Gasteiger partial charge in [0.1, 0.15) is 6.04 Å². The molecule has 1 atom stereocenters. The average Bonchev–Trinajstić information content (AvgIpc) is 2.65. The highest BCUT2D eigenvalue weighted by Crippen LogP contribution is 2.23. The lowest BCUT2D eigenvalue weighted by molar-refractivity contribution is -0.143. The molecule has 0 bridgehead atoms. The van der Waals surface area contributed by atoms with E-state index >= 15 is 0 Å². The second kappa shape index (κ2) is 8.84. The smallest absolute Gasteiger partial charge is 0.328 e. The van der Waals surface area contributed by atoms with Crippen LogP contribution in [0.1, 0.15) is 16.8 Å². The van der Waals surface area contributed by atoms with Gasteiger partial charge in [0.25, 0.3) is 5.91 Å². The molecule has 0 saturated carbocycles. The standard InChI is InChI=1S/C19H21NO4/c1-23-13-12-17(19(22)24-2)20-18(21)16-11-7-6-10-15(16)14-8-4-3-5-9-14/h3-11,17H,12-13H2,1-2H3,(H,20,21)/t17-/m0/s1. The number of rotatable bonds is 7. The van der Waals surface area contributed by atoms with E-state index in [0.717, 1.165) is 11.1 Å². The van der Waals surface area contributed by atoms with Crippen LogP contribution in [0.25, 0.3) is 11.1 Å². The highest BCUT2D eigenvalue weighted by Gasteiger charge is 2.23. The molecular formula is C19H21NO4. The minimum atomic E-state index is -0.744. The van der Waals surface area contributed by atoms with Crippen LogP contribution in [0.5, 0.6) is 0 Å². The Hall–Kier alpha value is -2.66. The minimum absolute atomic E-state index is 0.319. The summed E-state index contributed by atoms with van der Waals surface area (Å²) in [5.41, 5.74) is 2.26. The summed E-state index contributed by atoms with van der Waals surface area (Å²) in [7, 11) is 2.84. The van der Waals surface area contributed by atoms with Gasteiger partial charge in [0.05, 0.1) is 7.11 Å². The van der Waals surface area contributed by atoms with Gasteiger partial charge in [-0.25, -0.2) is 4.79 Å². The largest absolute Gasteiger partial charge is 0.467 e. The molecule has 126 valence electrons. The van der Waals surface area contributed by atoms with Gasteiger partial charge < -0.3 is 14.8 Å². The Kier molecular flexibility index (Phi) is 6.51. The number of carbonyl (C=O) groups is 2. The third kappa shape index (κ3) is 4.43. The van der Waals surface area contributed by atoms with Crippen molar-refractivity contribution in [3.05, 3.63) is 60.2 Å². The fourth-order valence-corrected chi connectivity index (χ4v) is 2.41. The van der Waals surface area contributed by atoms with Crippen LogP contribution in [-0.2, 0) is 14.3 Å². The molecule has 0 aliphatic rings. The van der Waals surface area contributed by atoms with Gasteiger partial charge in [-0.1, -0.05) is 48.5 Å². The molecule has 5 nitrogen and oxygen atoms in total. The van der Waals surface area contributed by atoms with E-state index in [9.17, 15) is 9.59 Å². The van der Waals surface area contributed by atoms with E-state index in [0.29, 0.717) is 18.6 Å². The van der Waals surface area contributed by atoms with Crippen LogP contribution in [0.3, 0.4) is 0 Å². The molecule has 2 aromatic rings. The Morgan fingerprint density at radius 1 is 1.00 bits per heavy atom. The van der Waals surface area contributed by atoms with E-state index < -0.39 is 12.0 Å². The minimum Gasteiger partial charge on any atom is -0.467 e. The summed E-state index contributed by atoms with van der Waals surface area (Å²) < 4.78 is 9.74. The first-order valence-electron chi connectivity index (χ1n) is 7.69. The van der Waals surface area contributed by atoms with Crippen LogP contribution in [0.4, 0.5) is 0 Å². The van der Waals surface area contributed by atoms with E-state index in [1.807, 2.05) is 42.5 Å². The highest BCUT2D eigenvalue weighted by molar-refractivity contribution is 6.02. The van der Waals surface area contributed by atoms with E-state index in [1.54, 1.807) is 19.2 Å². The number of carbonyl (C=O) groups excluding carboxylic acids is 2. The zero-order valence-electron chi connectivity index (χ0n) is 13.8. The number of ether oxygens (including phenoxy) is 2. The van der Waals surface area contributed by atoms with Gasteiger partial charge in [0.15, 0.2) is 0 Å². The molecule has 0 aromatic heterocycles.